The molecule has 0 N–H and O–H groups in total. The van der Waals surface area contributed by atoms with Crippen LogP contribution < -0.4 is 0 Å². The number of rotatable bonds is 3. The van der Waals surface area contributed by atoms with E-state index in [2.05, 4.69) is 6.07 Å². The summed E-state index contributed by atoms with van der Waals surface area (Å²) in [4.78, 5) is 10.6. The summed E-state index contributed by atoms with van der Waals surface area (Å²) in [5.74, 6) is 1.28. The normalized spacial score (nSPS) is 39.3. The summed E-state index contributed by atoms with van der Waals surface area (Å²) in [6.45, 7) is 0. The Labute approximate surface area is 89.7 Å². The van der Waals surface area contributed by atoms with E-state index in [1.165, 1.54) is 0 Å². The zero-order chi connectivity index (χ0) is 10.8. The van der Waals surface area contributed by atoms with Gasteiger partial charge in [-0.3, -0.25) is 0 Å². The Hall–Kier alpha value is -1.35. The van der Waals surface area contributed by atoms with Crippen molar-refractivity contribution in [3.63, 3.8) is 0 Å². The highest BCUT2D eigenvalue weighted by atomic mass is 16.1. The summed E-state index contributed by atoms with van der Waals surface area (Å²) >= 11 is 0. The largest absolute Gasteiger partial charge is 0.302 e. The van der Waals surface area contributed by atoms with E-state index in [-0.39, 0.29) is 5.92 Å². The van der Waals surface area contributed by atoms with E-state index in [9.17, 15) is 4.79 Å². The van der Waals surface area contributed by atoms with Crippen molar-refractivity contribution in [3.8, 4) is 12.1 Å². The minimum atomic E-state index is -0.464. The SMILES string of the molecule is N#CC(C=O)CC1CC2CC(C#N)C1C2. The molecule has 0 amide bonds. The number of nitrogens with zero attached hydrogens (tertiary/aromatic N) is 2. The average molecular weight is 202 g/mol. The highest BCUT2D eigenvalue weighted by Crippen LogP contribution is 2.53. The van der Waals surface area contributed by atoms with E-state index in [0.29, 0.717) is 24.2 Å². The molecule has 2 rings (SSSR count). The van der Waals surface area contributed by atoms with Gasteiger partial charge in [-0.1, -0.05) is 0 Å². The Morgan fingerprint density at radius 3 is 2.67 bits per heavy atom. The van der Waals surface area contributed by atoms with Crippen LogP contribution in [0.2, 0.25) is 0 Å². The van der Waals surface area contributed by atoms with Crippen LogP contribution in [0, 0.1) is 52.3 Å². The van der Waals surface area contributed by atoms with Gasteiger partial charge in [0, 0.05) is 5.92 Å². The molecule has 0 radical (unpaired) electrons. The molecule has 0 aromatic rings. The lowest BCUT2D eigenvalue weighted by molar-refractivity contribution is -0.110. The first-order valence-corrected chi connectivity index (χ1v) is 5.53. The Kier molecular flexibility index (Phi) is 2.73. The smallest absolute Gasteiger partial charge is 0.137 e. The maximum Gasteiger partial charge on any atom is 0.137 e. The summed E-state index contributed by atoms with van der Waals surface area (Å²) in [6.07, 6.45) is 4.71. The van der Waals surface area contributed by atoms with Gasteiger partial charge in [0.25, 0.3) is 0 Å². The summed E-state index contributed by atoms with van der Waals surface area (Å²) in [5.41, 5.74) is 0. The molecule has 5 atom stereocenters. The van der Waals surface area contributed by atoms with Crippen molar-refractivity contribution in [2.24, 2.45) is 29.6 Å². The molecule has 0 spiro atoms. The van der Waals surface area contributed by atoms with Crippen molar-refractivity contribution in [3.05, 3.63) is 0 Å². The zero-order valence-electron chi connectivity index (χ0n) is 8.60. The first-order valence-electron chi connectivity index (χ1n) is 5.53. The van der Waals surface area contributed by atoms with Crippen LogP contribution in [0.25, 0.3) is 0 Å². The lowest BCUT2D eigenvalue weighted by atomic mass is 9.77. The van der Waals surface area contributed by atoms with Crippen LogP contribution in [0.3, 0.4) is 0 Å². The molecule has 0 heterocycles. The van der Waals surface area contributed by atoms with E-state index in [4.69, 9.17) is 10.5 Å². The Bertz CT molecular complexity index is 339. The Morgan fingerprint density at radius 2 is 2.13 bits per heavy atom. The summed E-state index contributed by atoms with van der Waals surface area (Å²) in [6, 6.07) is 4.38. The molecule has 15 heavy (non-hydrogen) atoms. The fourth-order valence-electron chi connectivity index (χ4n) is 3.38. The number of carbonyl (C=O) groups is 1. The third kappa shape index (κ3) is 1.75. The van der Waals surface area contributed by atoms with Gasteiger partial charge in [0.1, 0.15) is 12.2 Å². The van der Waals surface area contributed by atoms with Crippen molar-refractivity contribution in [2.45, 2.75) is 25.7 Å². The van der Waals surface area contributed by atoms with Gasteiger partial charge in [0.2, 0.25) is 0 Å². The molecular formula is C12H14N2O. The lowest BCUT2D eigenvalue weighted by Crippen LogP contribution is -2.21. The van der Waals surface area contributed by atoms with E-state index in [0.717, 1.165) is 25.5 Å². The second kappa shape index (κ2) is 4.03. The highest BCUT2D eigenvalue weighted by molar-refractivity contribution is 5.57. The van der Waals surface area contributed by atoms with Crippen molar-refractivity contribution in [2.75, 3.05) is 0 Å². The van der Waals surface area contributed by atoms with Gasteiger partial charge in [-0.05, 0) is 43.4 Å². The maximum atomic E-state index is 10.6. The Morgan fingerprint density at radius 1 is 1.33 bits per heavy atom. The fourth-order valence-corrected chi connectivity index (χ4v) is 3.38. The molecule has 3 nitrogen and oxygen atoms in total. The van der Waals surface area contributed by atoms with Crippen LogP contribution >= 0.6 is 0 Å². The molecule has 2 aliphatic rings. The monoisotopic (exact) mass is 202 g/mol. The summed E-state index contributed by atoms with van der Waals surface area (Å²) in [5, 5.41) is 17.7. The van der Waals surface area contributed by atoms with Crippen LogP contribution in [0.4, 0.5) is 0 Å². The molecule has 0 aromatic carbocycles. The Balaban J connectivity index is 1.99. The number of fused-ring (bicyclic) bond motifs is 2. The molecular weight excluding hydrogens is 188 g/mol. The van der Waals surface area contributed by atoms with Crippen molar-refractivity contribution in [1.29, 1.82) is 10.5 Å². The first kappa shape index (κ1) is 10.2. The van der Waals surface area contributed by atoms with Crippen molar-refractivity contribution >= 4 is 6.29 Å². The highest BCUT2D eigenvalue weighted by Gasteiger charge is 2.46. The third-order valence-corrected chi connectivity index (χ3v) is 4.00. The molecule has 0 saturated heterocycles. The van der Waals surface area contributed by atoms with Crippen LogP contribution in [0.1, 0.15) is 25.7 Å². The number of aldehydes is 1. The minimum Gasteiger partial charge on any atom is -0.302 e. The topological polar surface area (TPSA) is 64.7 Å². The number of hydrogen-bond donors (Lipinski definition) is 0. The predicted molar refractivity (Wildman–Crippen MR) is 53.2 cm³/mol. The van der Waals surface area contributed by atoms with Gasteiger partial charge in [-0.15, -0.1) is 0 Å². The van der Waals surface area contributed by atoms with Crippen LogP contribution in [-0.2, 0) is 4.79 Å². The van der Waals surface area contributed by atoms with E-state index in [1.807, 2.05) is 6.07 Å². The van der Waals surface area contributed by atoms with Gasteiger partial charge < -0.3 is 4.79 Å². The molecule has 3 heteroatoms. The van der Waals surface area contributed by atoms with E-state index in [1.54, 1.807) is 0 Å². The van der Waals surface area contributed by atoms with Crippen molar-refractivity contribution < 1.29 is 4.79 Å². The fraction of sp³-hybridized carbons (Fsp3) is 0.750. The van der Waals surface area contributed by atoms with Crippen LogP contribution in [0.15, 0.2) is 0 Å². The number of hydrogen-bond acceptors (Lipinski definition) is 3. The van der Waals surface area contributed by atoms with Gasteiger partial charge in [0.15, 0.2) is 0 Å². The van der Waals surface area contributed by atoms with Gasteiger partial charge in [-0.2, -0.15) is 10.5 Å². The van der Waals surface area contributed by atoms with Gasteiger partial charge in [-0.25, -0.2) is 0 Å². The molecule has 0 aromatic heterocycles. The van der Waals surface area contributed by atoms with Crippen LogP contribution in [-0.4, -0.2) is 6.29 Å². The standard InChI is InChI=1S/C12H14N2O/c13-5-9(7-15)3-10-1-8-2-11(6-14)12(10)4-8/h7-12H,1-4H2. The zero-order valence-corrected chi connectivity index (χ0v) is 8.60. The second-order valence-electron chi connectivity index (χ2n) is 4.84. The quantitative estimate of drug-likeness (QED) is 0.656. The first-order chi connectivity index (χ1) is 7.28. The molecule has 78 valence electrons. The van der Waals surface area contributed by atoms with Gasteiger partial charge >= 0.3 is 0 Å². The number of nitriles is 2. The molecule has 0 aliphatic heterocycles. The van der Waals surface area contributed by atoms with Gasteiger partial charge in [0.05, 0.1) is 12.1 Å². The van der Waals surface area contributed by atoms with E-state index >= 15 is 0 Å². The second-order valence-corrected chi connectivity index (χ2v) is 4.84. The summed E-state index contributed by atoms with van der Waals surface area (Å²) in [7, 11) is 0. The van der Waals surface area contributed by atoms with Crippen molar-refractivity contribution in [1.82, 2.24) is 0 Å². The summed E-state index contributed by atoms with van der Waals surface area (Å²) < 4.78 is 0. The predicted octanol–water partition coefficient (Wildman–Crippen LogP) is 1.90. The molecule has 2 bridgehead atoms. The lowest BCUT2D eigenvalue weighted by Gasteiger charge is -2.25. The molecule has 5 unspecified atom stereocenters. The third-order valence-electron chi connectivity index (χ3n) is 4.00. The van der Waals surface area contributed by atoms with Crippen LogP contribution in [0.5, 0.6) is 0 Å². The molecule has 2 fully saturated rings. The maximum absolute atomic E-state index is 10.6. The minimum absolute atomic E-state index is 0.180. The average Bonchev–Trinajstić information content (AvgIpc) is 2.84. The van der Waals surface area contributed by atoms with E-state index < -0.39 is 5.92 Å². The number of carbonyl (C=O) groups excluding carboxylic acids is 1. The molecule has 2 saturated carbocycles. The molecule has 2 aliphatic carbocycles.